The Hall–Kier alpha value is -3.59. The van der Waals surface area contributed by atoms with Crippen molar-refractivity contribution in [3.8, 4) is 0 Å². The van der Waals surface area contributed by atoms with E-state index in [1.807, 2.05) is 6.07 Å². The number of hydrogen-bond acceptors (Lipinski definition) is 8. The molecule has 1 unspecified atom stereocenters. The lowest BCUT2D eigenvalue weighted by molar-refractivity contribution is 0.0944. The number of amides is 1. The molecule has 2 aliphatic rings. The van der Waals surface area contributed by atoms with Crippen LogP contribution in [-0.2, 0) is 6.42 Å². The first-order chi connectivity index (χ1) is 18.5. The van der Waals surface area contributed by atoms with Gasteiger partial charge in [0.15, 0.2) is 5.82 Å². The fraction of sp³-hybridized carbons (Fsp3) is 0.483. The van der Waals surface area contributed by atoms with Gasteiger partial charge >= 0.3 is 0 Å². The third-order valence-electron chi connectivity index (χ3n) is 7.82. The van der Waals surface area contributed by atoms with Gasteiger partial charge < -0.3 is 20.0 Å². The second-order valence-corrected chi connectivity index (χ2v) is 10.4. The van der Waals surface area contributed by atoms with Gasteiger partial charge in [0.1, 0.15) is 11.5 Å². The smallest absolute Gasteiger partial charge is 0.271 e. The molecule has 2 fully saturated rings. The van der Waals surface area contributed by atoms with E-state index in [2.05, 4.69) is 85.2 Å². The topological polar surface area (TPSA) is 90.4 Å². The van der Waals surface area contributed by atoms with E-state index in [4.69, 9.17) is 0 Å². The number of nitrogens with one attached hydrogen (secondary N) is 1. The molecule has 0 aliphatic carbocycles. The van der Waals surface area contributed by atoms with Crippen LogP contribution in [0.25, 0.3) is 0 Å². The largest absolute Gasteiger partial charge is 0.351 e. The number of benzene rings is 1. The van der Waals surface area contributed by atoms with Crippen LogP contribution < -0.4 is 15.1 Å². The van der Waals surface area contributed by atoms with Crippen molar-refractivity contribution in [2.24, 2.45) is 0 Å². The summed E-state index contributed by atoms with van der Waals surface area (Å²) >= 11 is 0. The van der Waals surface area contributed by atoms with Crippen molar-refractivity contribution in [1.82, 2.24) is 30.4 Å². The number of rotatable bonds is 8. The molecule has 4 heterocycles. The van der Waals surface area contributed by atoms with Crippen molar-refractivity contribution in [2.45, 2.75) is 46.1 Å². The Morgan fingerprint density at radius 2 is 1.76 bits per heavy atom. The molecule has 2 aliphatic heterocycles. The summed E-state index contributed by atoms with van der Waals surface area (Å²) in [4.78, 5) is 28.4. The van der Waals surface area contributed by atoms with E-state index in [0.29, 0.717) is 12.2 Å². The standard InChI is InChI=1S/C29H38N8O/c1-21-20-36(28-23(3)22(2)25(33-34-28)17-24-9-5-4-6-10-24)15-16-37(21)27-19-31-26(18-32-27)29(38)30-11-14-35-12-7-8-13-35/h4-6,9-10,18-19,21H,7-8,11-17,20H2,1-3H3,(H,30,38). The number of nitrogens with zero attached hydrogens (tertiary/aromatic N) is 7. The molecule has 1 amide bonds. The van der Waals surface area contributed by atoms with Gasteiger partial charge in [0, 0.05) is 45.2 Å². The molecule has 200 valence electrons. The molecule has 0 saturated carbocycles. The van der Waals surface area contributed by atoms with Crippen LogP contribution in [0.15, 0.2) is 42.7 Å². The van der Waals surface area contributed by atoms with E-state index in [1.54, 1.807) is 12.4 Å². The highest BCUT2D eigenvalue weighted by Crippen LogP contribution is 2.26. The van der Waals surface area contributed by atoms with Crippen LogP contribution in [0.3, 0.4) is 0 Å². The second-order valence-electron chi connectivity index (χ2n) is 10.4. The molecule has 0 bridgehead atoms. The first kappa shape index (κ1) is 26.0. The van der Waals surface area contributed by atoms with E-state index in [9.17, 15) is 4.79 Å². The monoisotopic (exact) mass is 514 g/mol. The molecular formula is C29H38N8O. The molecule has 1 atom stereocenters. The summed E-state index contributed by atoms with van der Waals surface area (Å²) < 4.78 is 0. The number of hydrogen-bond donors (Lipinski definition) is 1. The quantitative estimate of drug-likeness (QED) is 0.491. The number of carbonyl (C=O) groups excluding carboxylic acids is 1. The zero-order chi connectivity index (χ0) is 26.5. The van der Waals surface area contributed by atoms with Crippen molar-refractivity contribution in [3.05, 3.63) is 70.8 Å². The fourth-order valence-corrected chi connectivity index (χ4v) is 5.40. The molecule has 9 heteroatoms. The lowest BCUT2D eigenvalue weighted by Gasteiger charge is -2.41. The van der Waals surface area contributed by atoms with Gasteiger partial charge in [-0.05, 0) is 63.4 Å². The van der Waals surface area contributed by atoms with Gasteiger partial charge in [-0.25, -0.2) is 9.97 Å². The van der Waals surface area contributed by atoms with Crippen molar-refractivity contribution >= 4 is 17.5 Å². The molecule has 1 N–H and O–H groups in total. The summed E-state index contributed by atoms with van der Waals surface area (Å²) in [5.41, 5.74) is 5.02. The Labute approximate surface area is 225 Å². The molecule has 3 aromatic rings. The highest BCUT2D eigenvalue weighted by molar-refractivity contribution is 5.92. The maximum Gasteiger partial charge on any atom is 0.271 e. The van der Waals surface area contributed by atoms with E-state index < -0.39 is 0 Å². The summed E-state index contributed by atoms with van der Waals surface area (Å²) in [5, 5.41) is 12.2. The van der Waals surface area contributed by atoms with Crippen LogP contribution in [-0.4, -0.2) is 82.8 Å². The van der Waals surface area contributed by atoms with E-state index in [1.165, 1.54) is 29.5 Å². The molecule has 9 nitrogen and oxygen atoms in total. The first-order valence-electron chi connectivity index (χ1n) is 13.7. The van der Waals surface area contributed by atoms with E-state index in [0.717, 1.165) is 63.0 Å². The van der Waals surface area contributed by atoms with Crippen LogP contribution >= 0.6 is 0 Å². The fourth-order valence-electron chi connectivity index (χ4n) is 5.40. The maximum absolute atomic E-state index is 12.5. The molecule has 0 radical (unpaired) electrons. The van der Waals surface area contributed by atoms with Gasteiger partial charge in [-0.1, -0.05) is 30.3 Å². The van der Waals surface area contributed by atoms with E-state index >= 15 is 0 Å². The maximum atomic E-state index is 12.5. The first-order valence-corrected chi connectivity index (χ1v) is 13.7. The minimum absolute atomic E-state index is 0.166. The number of anilines is 2. The van der Waals surface area contributed by atoms with Gasteiger partial charge in [0.2, 0.25) is 0 Å². The lowest BCUT2D eigenvalue weighted by Crippen LogP contribution is -2.53. The summed E-state index contributed by atoms with van der Waals surface area (Å²) in [5.74, 6) is 1.59. The highest BCUT2D eigenvalue weighted by atomic mass is 16.1. The molecule has 2 aromatic heterocycles. The minimum Gasteiger partial charge on any atom is -0.351 e. The average Bonchev–Trinajstić information content (AvgIpc) is 3.46. The Balaban J connectivity index is 1.17. The van der Waals surface area contributed by atoms with Crippen LogP contribution in [0.5, 0.6) is 0 Å². The summed E-state index contributed by atoms with van der Waals surface area (Å²) in [6, 6.07) is 10.6. The summed E-state index contributed by atoms with van der Waals surface area (Å²) in [6.45, 7) is 12.7. The molecule has 38 heavy (non-hydrogen) atoms. The predicted molar refractivity (Wildman–Crippen MR) is 150 cm³/mol. The van der Waals surface area contributed by atoms with Gasteiger partial charge in [-0.15, -0.1) is 5.10 Å². The van der Waals surface area contributed by atoms with Gasteiger partial charge in [-0.3, -0.25) is 4.79 Å². The molecular weight excluding hydrogens is 476 g/mol. The number of carbonyl (C=O) groups is 1. The zero-order valence-electron chi connectivity index (χ0n) is 22.7. The highest BCUT2D eigenvalue weighted by Gasteiger charge is 2.28. The summed E-state index contributed by atoms with van der Waals surface area (Å²) in [6.07, 6.45) is 6.60. The number of piperazine rings is 1. The Morgan fingerprint density at radius 3 is 2.47 bits per heavy atom. The number of likely N-dealkylation sites (tertiary alicyclic amines) is 1. The normalized spacial score (nSPS) is 18.1. The van der Waals surface area contributed by atoms with E-state index in [-0.39, 0.29) is 11.9 Å². The van der Waals surface area contributed by atoms with Crippen LogP contribution in [0.4, 0.5) is 11.6 Å². The third-order valence-corrected chi connectivity index (χ3v) is 7.82. The van der Waals surface area contributed by atoms with Crippen molar-refractivity contribution in [2.75, 3.05) is 55.6 Å². The van der Waals surface area contributed by atoms with Gasteiger partial charge in [-0.2, -0.15) is 5.10 Å². The number of aromatic nitrogens is 4. The molecule has 1 aromatic carbocycles. The molecule has 0 spiro atoms. The zero-order valence-corrected chi connectivity index (χ0v) is 22.7. The third kappa shape index (κ3) is 5.93. The van der Waals surface area contributed by atoms with Crippen LogP contribution in [0, 0.1) is 13.8 Å². The Bertz CT molecular complexity index is 1230. The minimum atomic E-state index is -0.166. The van der Waals surface area contributed by atoms with Gasteiger partial charge in [0.05, 0.1) is 18.1 Å². The Kier molecular flexibility index (Phi) is 8.12. The molecule has 2 saturated heterocycles. The van der Waals surface area contributed by atoms with Gasteiger partial charge in [0.25, 0.3) is 5.91 Å². The SMILES string of the molecule is Cc1c(Cc2ccccc2)nnc(N2CCN(c3cnc(C(=O)NCCN4CCCC4)cn3)C(C)C2)c1C. The average molecular weight is 515 g/mol. The summed E-state index contributed by atoms with van der Waals surface area (Å²) in [7, 11) is 0. The van der Waals surface area contributed by atoms with Crippen LogP contribution in [0.1, 0.15) is 52.6 Å². The lowest BCUT2D eigenvalue weighted by atomic mass is 10.0. The van der Waals surface area contributed by atoms with Crippen molar-refractivity contribution in [1.29, 1.82) is 0 Å². The second kappa shape index (κ2) is 11.9. The predicted octanol–water partition coefficient (Wildman–Crippen LogP) is 3.01. The van der Waals surface area contributed by atoms with Crippen LogP contribution in [0.2, 0.25) is 0 Å². The Morgan fingerprint density at radius 1 is 0.974 bits per heavy atom. The van der Waals surface area contributed by atoms with Crippen molar-refractivity contribution in [3.63, 3.8) is 0 Å². The molecule has 5 rings (SSSR count). The van der Waals surface area contributed by atoms with Crippen molar-refractivity contribution < 1.29 is 4.79 Å².